The van der Waals surface area contributed by atoms with E-state index in [1.807, 2.05) is 0 Å². The van der Waals surface area contributed by atoms with Gasteiger partial charge in [0.05, 0.1) is 0 Å². The Bertz CT molecular complexity index is 249. The second-order valence-corrected chi connectivity index (χ2v) is 4.28. The van der Waals surface area contributed by atoms with Crippen LogP contribution >= 0.6 is 0 Å². The summed E-state index contributed by atoms with van der Waals surface area (Å²) in [6.07, 6.45) is 8.80. The molecule has 0 unspecified atom stereocenters. The molecular formula is C10H18N4. The van der Waals surface area contributed by atoms with Crippen LogP contribution in [0.15, 0.2) is 12.7 Å². The lowest BCUT2D eigenvalue weighted by Gasteiger charge is -2.27. The van der Waals surface area contributed by atoms with Crippen molar-refractivity contribution in [2.45, 2.75) is 32.2 Å². The van der Waals surface area contributed by atoms with Gasteiger partial charge in [0, 0.05) is 6.54 Å². The number of rotatable bonds is 3. The molecule has 0 amide bonds. The van der Waals surface area contributed by atoms with Crippen molar-refractivity contribution in [2.24, 2.45) is 17.6 Å². The summed E-state index contributed by atoms with van der Waals surface area (Å²) in [6, 6.07) is 0. The first kappa shape index (κ1) is 9.65. The molecule has 0 radical (unpaired) electrons. The predicted octanol–water partition coefficient (Wildman–Crippen LogP) is 1.04. The van der Waals surface area contributed by atoms with Gasteiger partial charge in [-0.1, -0.05) is 0 Å². The second kappa shape index (κ2) is 4.55. The molecular weight excluding hydrogens is 176 g/mol. The average Bonchev–Trinajstić information content (AvgIpc) is 2.72. The maximum absolute atomic E-state index is 5.66. The molecule has 0 spiro atoms. The monoisotopic (exact) mass is 194 g/mol. The highest BCUT2D eigenvalue weighted by molar-refractivity contribution is 4.74. The van der Waals surface area contributed by atoms with Crippen LogP contribution in [0.1, 0.15) is 25.7 Å². The van der Waals surface area contributed by atoms with Gasteiger partial charge in [0.1, 0.15) is 12.7 Å². The summed E-state index contributed by atoms with van der Waals surface area (Å²) in [5, 5.41) is 7.62. The number of aromatic nitrogens is 3. The number of hydrogen-bond acceptors (Lipinski definition) is 3. The van der Waals surface area contributed by atoms with Gasteiger partial charge in [0.15, 0.2) is 0 Å². The van der Waals surface area contributed by atoms with Crippen LogP contribution in [0.4, 0.5) is 0 Å². The zero-order valence-electron chi connectivity index (χ0n) is 8.47. The third-order valence-electron chi connectivity index (χ3n) is 3.24. The van der Waals surface area contributed by atoms with E-state index < -0.39 is 0 Å². The van der Waals surface area contributed by atoms with Gasteiger partial charge < -0.3 is 10.3 Å². The van der Waals surface area contributed by atoms with E-state index in [1.54, 1.807) is 12.7 Å². The normalized spacial score (nSPS) is 27.8. The fraction of sp³-hybridized carbons (Fsp3) is 0.800. The standard InChI is InChI=1S/C10H18N4/c11-5-9-1-3-10(4-2-9)6-14-7-12-13-8-14/h7-10H,1-6,11H2. The van der Waals surface area contributed by atoms with Crippen LogP contribution < -0.4 is 5.73 Å². The van der Waals surface area contributed by atoms with Crippen LogP contribution in [-0.2, 0) is 6.54 Å². The van der Waals surface area contributed by atoms with Crippen molar-refractivity contribution in [1.29, 1.82) is 0 Å². The van der Waals surface area contributed by atoms with Gasteiger partial charge >= 0.3 is 0 Å². The van der Waals surface area contributed by atoms with Crippen LogP contribution in [0, 0.1) is 11.8 Å². The van der Waals surface area contributed by atoms with Crippen molar-refractivity contribution < 1.29 is 0 Å². The molecule has 4 heteroatoms. The molecule has 2 rings (SSSR count). The van der Waals surface area contributed by atoms with Crippen LogP contribution in [0.25, 0.3) is 0 Å². The fourth-order valence-corrected chi connectivity index (χ4v) is 2.26. The van der Waals surface area contributed by atoms with Crippen molar-refractivity contribution in [3.63, 3.8) is 0 Å². The van der Waals surface area contributed by atoms with Crippen molar-refractivity contribution in [2.75, 3.05) is 6.54 Å². The summed E-state index contributed by atoms with van der Waals surface area (Å²) in [5.41, 5.74) is 5.66. The summed E-state index contributed by atoms with van der Waals surface area (Å²) in [6.45, 7) is 1.93. The minimum atomic E-state index is 0.771. The topological polar surface area (TPSA) is 56.7 Å². The maximum Gasteiger partial charge on any atom is 0.119 e. The highest BCUT2D eigenvalue weighted by atomic mass is 15.2. The number of hydrogen-bond donors (Lipinski definition) is 1. The Hall–Kier alpha value is -0.900. The summed E-state index contributed by atoms with van der Waals surface area (Å²) in [5.74, 6) is 1.57. The van der Waals surface area contributed by atoms with E-state index in [1.165, 1.54) is 25.7 Å². The van der Waals surface area contributed by atoms with E-state index in [0.29, 0.717) is 0 Å². The molecule has 0 aromatic carbocycles. The molecule has 1 fully saturated rings. The molecule has 14 heavy (non-hydrogen) atoms. The zero-order chi connectivity index (χ0) is 9.80. The molecule has 1 aliphatic rings. The van der Waals surface area contributed by atoms with Crippen molar-refractivity contribution in [1.82, 2.24) is 14.8 Å². The molecule has 1 aliphatic carbocycles. The molecule has 2 N–H and O–H groups in total. The summed E-state index contributed by atoms with van der Waals surface area (Å²) >= 11 is 0. The van der Waals surface area contributed by atoms with Crippen LogP contribution in [0.5, 0.6) is 0 Å². The predicted molar refractivity (Wildman–Crippen MR) is 54.5 cm³/mol. The molecule has 0 atom stereocenters. The Balaban J connectivity index is 1.79. The summed E-state index contributed by atoms with van der Waals surface area (Å²) < 4.78 is 2.08. The molecule has 1 saturated carbocycles. The van der Waals surface area contributed by atoms with Gasteiger partial charge in [-0.2, -0.15) is 0 Å². The van der Waals surface area contributed by atoms with E-state index in [-0.39, 0.29) is 0 Å². The van der Waals surface area contributed by atoms with Gasteiger partial charge in [-0.15, -0.1) is 10.2 Å². The highest BCUT2D eigenvalue weighted by Crippen LogP contribution is 2.28. The quantitative estimate of drug-likeness (QED) is 0.782. The molecule has 78 valence electrons. The van der Waals surface area contributed by atoms with Gasteiger partial charge in [-0.25, -0.2) is 0 Å². The minimum absolute atomic E-state index is 0.771. The van der Waals surface area contributed by atoms with Gasteiger partial charge in [-0.3, -0.25) is 0 Å². The van der Waals surface area contributed by atoms with Crippen molar-refractivity contribution in [3.05, 3.63) is 12.7 Å². The fourth-order valence-electron chi connectivity index (χ4n) is 2.26. The van der Waals surface area contributed by atoms with Crippen LogP contribution in [0.2, 0.25) is 0 Å². The smallest absolute Gasteiger partial charge is 0.119 e. The largest absolute Gasteiger partial charge is 0.330 e. The second-order valence-electron chi connectivity index (χ2n) is 4.28. The van der Waals surface area contributed by atoms with Gasteiger partial charge in [0.25, 0.3) is 0 Å². The molecule has 0 bridgehead atoms. The molecule has 0 saturated heterocycles. The van der Waals surface area contributed by atoms with E-state index in [4.69, 9.17) is 5.73 Å². The van der Waals surface area contributed by atoms with E-state index in [2.05, 4.69) is 14.8 Å². The van der Waals surface area contributed by atoms with E-state index >= 15 is 0 Å². The molecule has 1 heterocycles. The van der Waals surface area contributed by atoms with Crippen molar-refractivity contribution in [3.8, 4) is 0 Å². The minimum Gasteiger partial charge on any atom is -0.330 e. The van der Waals surface area contributed by atoms with Crippen molar-refractivity contribution >= 4 is 0 Å². The lowest BCUT2D eigenvalue weighted by Crippen LogP contribution is -2.23. The molecule has 1 aromatic heterocycles. The number of nitrogens with two attached hydrogens (primary N) is 1. The number of nitrogens with zero attached hydrogens (tertiary/aromatic N) is 3. The molecule has 1 aromatic rings. The Kier molecular flexibility index (Phi) is 3.14. The molecule has 4 nitrogen and oxygen atoms in total. The first-order valence-corrected chi connectivity index (χ1v) is 5.41. The third-order valence-corrected chi connectivity index (χ3v) is 3.24. The molecule has 0 aliphatic heterocycles. The first-order valence-electron chi connectivity index (χ1n) is 5.41. The average molecular weight is 194 g/mol. The Morgan fingerprint density at radius 3 is 2.21 bits per heavy atom. The maximum atomic E-state index is 5.66. The first-order chi connectivity index (χ1) is 6.88. The highest BCUT2D eigenvalue weighted by Gasteiger charge is 2.20. The van der Waals surface area contributed by atoms with Gasteiger partial charge in [-0.05, 0) is 44.1 Å². The van der Waals surface area contributed by atoms with E-state index in [0.717, 1.165) is 24.9 Å². The van der Waals surface area contributed by atoms with E-state index in [9.17, 15) is 0 Å². The summed E-state index contributed by atoms with van der Waals surface area (Å²) in [4.78, 5) is 0. The summed E-state index contributed by atoms with van der Waals surface area (Å²) in [7, 11) is 0. The van der Waals surface area contributed by atoms with Crippen LogP contribution in [0.3, 0.4) is 0 Å². The third kappa shape index (κ3) is 2.32. The Morgan fingerprint density at radius 2 is 1.64 bits per heavy atom. The lowest BCUT2D eigenvalue weighted by molar-refractivity contribution is 0.256. The van der Waals surface area contributed by atoms with Gasteiger partial charge in [0.2, 0.25) is 0 Å². The Labute approximate surface area is 84.5 Å². The zero-order valence-corrected chi connectivity index (χ0v) is 8.47. The lowest BCUT2D eigenvalue weighted by atomic mass is 9.82. The van der Waals surface area contributed by atoms with Crippen LogP contribution in [-0.4, -0.2) is 21.3 Å². The SMILES string of the molecule is NCC1CCC(Cn2cnnc2)CC1. The Morgan fingerprint density at radius 1 is 1.07 bits per heavy atom.